The predicted octanol–water partition coefficient (Wildman–Crippen LogP) is 4.35. The lowest BCUT2D eigenvalue weighted by atomic mass is 9.69. The monoisotopic (exact) mass is 538 g/mol. The van der Waals surface area contributed by atoms with Crippen molar-refractivity contribution >= 4 is 57.9 Å². The van der Waals surface area contributed by atoms with Crippen molar-refractivity contribution in [3.8, 4) is 0 Å². The van der Waals surface area contributed by atoms with Crippen LogP contribution < -0.4 is 9.77 Å². The number of thiophene rings is 1. The lowest BCUT2D eigenvalue weighted by Crippen LogP contribution is -2.42. The van der Waals surface area contributed by atoms with Gasteiger partial charge in [-0.05, 0) is 66.8 Å². The van der Waals surface area contributed by atoms with E-state index < -0.39 is 5.97 Å². The number of thiazole rings is 1. The highest BCUT2D eigenvalue weighted by Gasteiger charge is 2.69. The Bertz CT molecular complexity index is 1440. The summed E-state index contributed by atoms with van der Waals surface area (Å²) in [4.78, 5) is 58.4. The van der Waals surface area contributed by atoms with Crippen LogP contribution in [0.1, 0.15) is 39.4 Å². The fourth-order valence-electron chi connectivity index (χ4n) is 7.02. The van der Waals surface area contributed by atoms with E-state index in [4.69, 9.17) is 4.74 Å². The van der Waals surface area contributed by atoms with E-state index in [2.05, 4.69) is 16.4 Å². The average molecular weight is 539 g/mol. The van der Waals surface area contributed by atoms with Crippen molar-refractivity contribution in [2.24, 2.45) is 29.6 Å². The third-order valence-electron chi connectivity index (χ3n) is 8.21. The molecule has 0 radical (unpaired) electrons. The summed E-state index contributed by atoms with van der Waals surface area (Å²) in [5, 5.41) is 3.17. The van der Waals surface area contributed by atoms with Gasteiger partial charge in [0.25, 0.3) is 0 Å². The van der Waals surface area contributed by atoms with Gasteiger partial charge in [-0.15, -0.1) is 23.1 Å². The molecule has 2 aliphatic carbocycles. The molecule has 4 aliphatic rings. The number of rotatable bonds is 4. The van der Waals surface area contributed by atoms with Gasteiger partial charge in [0.1, 0.15) is 0 Å². The Kier molecular flexibility index (Phi) is 5.10. The maximum absolute atomic E-state index is 13.8. The molecule has 7 rings (SSSR count). The van der Waals surface area contributed by atoms with Crippen LogP contribution in [0, 0.1) is 29.6 Å². The van der Waals surface area contributed by atoms with Crippen LogP contribution in [0.3, 0.4) is 0 Å². The number of benzene rings is 1. The fraction of sp³-hybridized carbons (Fsp3) is 0.385. The number of carbonyl (C=O) groups is 3. The van der Waals surface area contributed by atoms with Crippen LogP contribution in [0.25, 0.3) is 0 Å². The van der Waals surface area contributed by atoms with Crippen molar-refractivity contribution in [3.05, 3.63) is 66.8 Å². The van der Waals surface area contributed by atoms with E-state index in [1.807, 2.05) is 6.07 Å². The Labute approximate surface area is 218 Å². The molecule has 7 nitrogen and oxygen atoms in total. The molecule has 4 heterocycles. The Morgan fingerprint density at radius 2 is 1.83 bits per heavy atom. The number of ether oxygens (including phenoxy) is 1. The molecule has 1 saturated heterocycles. The van der Waals surface area contributed by atoms with Crippen LogP contribution in [-0.4, -0.2) is 34.6 Å². The van der Waals surface area contributed by atoms with Crippen molar-refractivity contribution in [2.45, 2.75) is 29.5 Å². The van der Waals surface area contributed by atoms with Crippen LogP contribution in [0.4, 0.5) is 5.69 Å². The molecule has 0 unspecified atom stereocenters. The van der Waals surface area contributed by atoms with E-state index in [1.54, 1.807) is 54.3 Å². The Hall–Kier alpha value is -2.69. The van der Waals surface area contributed by atoms with Crippen molar-refractivity contribution < 1.29 is 19.1 Å². The normalized spacial score (nSPS) is 31.9. The third-order valence-corrected chi connectivity index (χ3v) is 11.8. The molecular weight excluding hydrogens is 516 g/mol. The van der Waals surface area contributed by atoms with Crippen LogP contribution >= 0.6 is 34.4 Å². The third kappa shape index (κ3) is 3.04. The number of hydrogen-bond donors (Lipinski definition) is 1. The SMILES string of the molecule is CCOC(=O)c1ccc(N2C(=O)[C@H]3[C@@H]4C[C@@H]([C@@H]3C2=O)[C@H]2[C@H](c3cccs3)c3sc(=O)[nH]c3S[C@H]42)cc1. The van der Waals surface area contributed by atoms with Gasteiger partial charge in [0.15, 0.2) is 0 Å². The zero-order valence-electron chi connectivity index (χ0n) is 19.2. The number of imide groups is 1. The number of amides is 2. The summed E-state index contributed by atoms with van der Waals surface area (Å²) >= 11 is 4.67. The number of nitrogens with zero attached hydrogens (tertiary/aromatic N) is 1. The quantitative estimate of drug-likeness (QED) is 0.392. The number of aromatic amines is 1. The lowest BCUT2D eigenvalue weighted by molar-refractivity contribution is -0.123. The highest BCUT2D eigenvalue weighted by Crippen LogP contribution is 2.68. The molecule has 3 fully saturated rings. The first-order valence-electron chi connectivity index (χ1n) is 12.1. The van der Waals surface area contributed by atoms with Crippen LogP contribution in [0.2, 0.25) is 0 Å². The zero-order chi connectivity index (χ0) is 24.7. The molecule has 184 valence electrons. The van der Waals surface area contributed by atoms with Gasteiger partial charge in [0.05, 0.1) is 34.7 Å². The van der Waals surface area contributed by atoms with E-state index in [0.717, 1.165) is 16.3 Å². The minimum Gasteiger partial charge on any atom is -0.462 e. The predicted molar refractivity (Wildman–Crippen MR) is 138 cm³/mol. The summed E-state index contributed by atoms with van der Waals surface area (Å²) in [5.41, 5.74) is 0.891. The Morgan fingerprint density at radius 1 is 1.08 bits per heavy atom. The summed E-state index contributed by atoms with van der Waals surface area (Å²) in [6.07, 6.45) is 0.867. The topological polar surface area (TPSA) is 96.5 Å². The molecule has 1 N–H and O–H groups in total. The highest BCUT2D eigenvalue weighted by molar-refractivity contribution is 8.00. The number of carbonyl (C=O) groups excluding carboxylic acids is 3. The van der Waals surface area contributed by atoms with Gasteiger partial charge in [-0.2, -0.15) is 0 Å². The number of esters is 1. The molecule has 2 amide bonds. The Balaban J connectivity index is 1.24. The average Bonchev–Trinajstić information content (AvgIpc) is 3.67. The molecule has 3 aromatic rings. The van der Waals surface area contributed by atoms with Crippen molar-refractivity contribution in [3.63, 3.8) is 0 Å². The highest BCUT2D eigenvalue weighted by atomic mass is 32.2. The van der Waals surface area contributed by atoms with Gasteiger partial charge in [0.2, 0.25) is 11.8 Å². The second-order valence-electron chi connectivity index (χ2n) is 9.76. The van der Waals surface area contributed by atoms with Gasteiger partial charge in [-0.3, -0.25) is 19.3 Å². The van der Waals surface area contributed by atoms with E-state index in [-0.39, 0.29) is 64.1 Å². The lowest BCUT2D eigenvalue weighted by Gasteiger charge is -2.42. The molecule has 36 heavy (non-hydrogen) atoms. The van der Waals surface area contributed by atoms with E-state index in [1.165, 1.54) is 21.1 Å². The summed E-state index contributed by atoms with van der Waals surface area (Å²) in [5.74, 6) is -0.909. The van der Waals surface area contributed by atoms with Gasteiger partial charge in [-0.1, -0.05) is 17.4 Å². The smallest absolute Gasteiger partial charge is 0.338 e. The zero-order valence-corrected chi connectivity index (χ0v) is 21.7. The van der Waals surface area contributed by atoms with E-state index in [9.17, 15) is 19.2 Å². The number of aromatic nitrogens is 1. The molecule has 7 atom stereocenters. The van der Waals surface area contributed by atoms with E-state index in [0.29, 0.717) is 11.3 Å². The summed E-state index contributed by atoms with van der Waals surface area (Å²) in [7, 11) is 0. The minimum absolute atomic E-state index is 0.0498. The standard InChI is InChI=1S/C26H22N2O5S3/c1-2-33-25(31)11-5-7-12(8-6-11)28-23(29)17-13-10-14(18(17)24(28)30)20-16(13)19(15-4-3-9-34-15)21-22(35-20)27-26(32)36-21/h3-9,13-14,16-20H,2,10H2,1H3,(H,27,32)/t13-,14+,16+,17+,18+,19+,20-/m1/s1. The van der Waals surface area contributed by atoms with Crippen molar-refractivity contribution in [2.75, 3.05) is 11.5 Å². The number of anilines is 1. The molecular formula is C26H22N2O5S3. The molecule has 2 aromatic heterocycles. The molecule has 2 saturated carbocycles. The van der Waals surface area contributed by atoms with Gasteiger partial charge >= 0.3 is 10.8 Å². The molecule has 2 bridgehead atoms. The second kappa shape index (κ2) is 8.16. The number of thioether (sulfide) groups is 1. The second-order valence-corrected chi connectivity index (χ2v) is 12.9. The minimum atomic E-state index is -0.427. The van der Waals surface area contributed by atoms with Gasteiger partial charge in [0, 0.05) is 20.9 Å². The molecule has 2 aliphatic heterocycles. The number of H-pyrrole nitrogens is 1. The first-order chi connectivity index (χ1) is 17.5. The van der Waals surface area contributed by atoms with Crippen molar-refractivity contribution in [1.29, 1.82) is 0 Å². The number of nitrogens with one attached hydrogen (secondary N) is 1. The maximum atomic E-state index is 13.8. The maximum Gasteiger partial charge on any atom is 0.338 e. The summed E-state index contributed by atoms with van der Waals surface area (Å²) < 4.78 is 5.05. The molecule has 1 aromatic carbocycles. The fourth-order valence-corrected chi connectivity index (χ4v) is 10.9. The van der Waals surface area contributed by atoms with Crippen LogP contribution in [0.5, 0.6) is 0 Å². The molecule has 10 heteroatoms. The summed E-state index contributed by atoms with van der Waals surface area (Å²) in [6.45, 7) is 2.03. The largest absolute Gasteiger partial charge is 0.462 e. The van der Waals surface area contributed by atoms with Crippen LogP contribution in [0.15, 0.2) is 51.6 Å². The Morgan fingerprint density at radius 3 is 2.53 bits per heavy atom. The summed E-state index contributed by atoms with van der Waals surface area (Å²) in [6, 6.07) is 10.7. The van der Waals surface area contributed by atoms with Gasteiger partial charge < -0.3 is 9.72 Å². The van der Waals surface area contributed by atoms with E-state index >= 15 is 0 Å². The number of fused-ring (bicyclic) bond motifs is 9. The first kappa shape index (κ1) is 22.5. The first-order valence-corrected chi connectivity index (χ1v) is 14.6. The van der Waals surface area contributed by atoms with Crippen molar-refractivity contribution in [1.82, 2.24) is 4.98 Å². The van der Waals surface area contributed by atoms with Crippen LogP contribution in [-0.2, 0) is 14.3 Å². The number of hydrogen-bond acceptors (Lipinski definition) is 8. The van der Waals surface area contributed by atoms with Gasteiger partial charge in [-0.25, -0.2) is 4.79 Å². The molecule has 0 spiro atoms.